The predicted molar refractivity (Wildman–Crippen MR) is 89.0 cm³/mol. The van der Waals surface area contributed by atoms with Crippen LogP contribution < -0.4 is 0 Å². The molecule has 23 heavy (non-hydrogen) atoms. The minimum absolute atomic E-state index is 0.0240. The summed E-state index contributed by atoms with van der Waals surface area (Å²) >= 11 is 0. The van der Waals surface area contributed by atoms with Gasteiger partial charge >= 0.3 is 0 Å². The van der Waals surface area contributed by atoms with Crippen molar-refractivity contribution in [2.24, 2.45) is 22.7 Å². The fourth-order valence-corrected chi connectivity index (χ4v) is 6.34. The van der Waals surface area contributed by atoms with Crippen LogP contribution in [0, 0.1) is 22.7 Å². The molecule has 2 saturated carbocycles. The summed E-state index contributed by atoms with van der Waals surface area (Å²) in [5, 5.41) is 30.5. The van der Waals surface area contributed by atoms with Crippen molar-refractivity contribution >= 4 is 0 Å². The van der Waals surface area contributed by atoms with E-state index in [4.69, 9.17) is 4.74 Å². The van der Waals surface area contributed by atoms with Crippen LogP contribution in [0.1, 0.15) is 66.2 Å². The molecule has 0 unspecified atom stereocenters. The molecule has 0 aromatic rings. The summed E-state index contributed by atoms with van der Waals surface area (Å²) in [5.41, 5.74) is -1.22. The average molecular weight is 326 g/mol. The highest BCUT2D eigenvalue weighted by Gasteiger charge is 2.68. The summed E-state index contributed by atoms with van der Waals surface area (Å²) in [4.78, 5) is 0. The molecule has 3 N–H and O–H groups in total. The van der Waals surface area contributed by atoms with Crippen LogP contribution in [0.15, 0.2) is 0 Å². The van der Waals surface area contributed by atoms with Gasteiger partial charge in [0.15, 0.2) is 0 Å². The number of fused-ring (bicyclic) bond motifs is 2. The Labute approximate surface area is 140 Å². The van der Waals surface area contributed by atoms with Gasteiger partial charge in [-0.3, -0.25) is 0 Å². The first-order valence-electron chi connectivity index (χ1n) is 9.27. The SMILES string of the molecule is C[C@H]1CC[C@H]2[C@@](C)(CO)[C@H](O)CC[C@@]2(C)[C@]12CC[C@](C)(CO)O2. The largest absolute Gasteiger partial charge is 0.396 e. The third-order valence-electron chi connectivity index (χ3n) is 8.04. The molecular formula is C19H34O4. The van der Waals surface area contributed by atoms with Crippen molar-refractivity contribution in [1.82, 2.24) is 0 Å². The van der Waals surface area contributed by atoms with Crippen LogP contribution in [0.4, 0.5) is 0 Å². The molecule has 3 fully saturated rings. The Morgan fingerprint density at radius 3 is 2.22 bits per heavy atom. The molecule has 1 aliphatic heterocycles. The lowest BCUT2D eigenvalue weighted by Gasteiger charge is -2.65. The molecular weight excluding hydrogens is 292 g/mol. The van der Waals surface area contributed by atoms with Crippen LogP contribution in [-0.4, -0.2) is 45.8 Å². The molecule has 0 aromatic carbocycles. The molecule has 1 spiro atoms. The number of ether oxygens (including phenoxy) is 1. The van der Waals surface area contributed by atoms with E-state index < -0.39 is 17.1 Å². The Kier molecular flexibility index (Phi) is 4.16. The van der Waals surface area contributed by atoms with Crippen molar-refractivity contribution in [3.05, 3.63) is 0 Å². The zero-order chi connectivity index (χ0) is 17.1. The van der Waals surface area contributed by atoms with E-state index in [0.29, 0.717) is 5.92 Å². The third-order valence-corrected chi connectivity index (χ3v) is 8.04. The highest BCUT2D eigenvalue weighted by atomic mass is 16.5. The van der Waals surface area contributed by atoms with Gasteiger partial charge in [-0.15, -0.1) is 0 Å². The fourth-order valence-electron chi connectivity index (χ4n) is 6.34. The van der Waals surface area contributed by atoms with Gasteiger partial charge in [-0.05, 0) is 57.3 Å². The topological polar surface area (TPSA) is 69.9 Å². The van der Waals surface area contributed by atoms with E-state index in [2.05, 4.69) is 13.8 Å². The minimum Gasteiger partial charge on any atom is -0.396 e. The van der Waals surface area contributed by atoms with E-state index in [1.165, 1.54) is 0 Å². The van der Waals surface area contributed by atoms with Gasteiger partial charge in [-0.1, -0.05) is 20.8 Å². The first-order chi connectivity index (χ1) is 10.7. The second kappa shape index (κ2) is 5.42. The van der Waals surface area contributed by atoms with Gasteiger partial charge in [0.25, 0.3) is 0 Å². The molecule has 3 aliphatic rings. The van der Waals surface area contributed by atoms with Crippen LogP contribution in [0.2, 0.25) is 0 Å². The van der Waals surface area contributed by atoms with Crippen LogP contribution in [0.3, 0.4) is 0 Å². The van der Waals surface area contributed by atoms with Crippen molar-refractivity contribution in [2.75, 3.05) is 13.2 Å². The molecule has 134 valence electrons. The first kappa shape index (κ1) is 17.7. The smallest absolute Gasteiger partial charge is 0.0893 e. The minimum atomic E-state index is -0.457. The third kappa shape index (κ3) is 2.18. The zero-order valence-corrected chi connectivity index (χ0v) is 15.1. The maximum Gasteiger partial charge on any atom is 0.0893 e. The molecule has 2 aliphatic carbocycles. The van der Waals surface area contributed by atoms with Gasteiger partial charge in [-0.2, -0.15) is 0 Å². The standard InChI is InChI=1S/C19H34O4/c1-13-5-6-14-17(3,12-21)15(22)7-8-18(14,4)19(13)10-9-16(2,11-20)23-19/h13-15,20-22H,5-12H2,1-4H3/t13-,14-,15+,16+,17+,18+,19-/m0/s1. The van der Waals surface area contributed by atoms with Crippen molar-refractivity contribution < 1.29 is 20.1 Å². The molecule has 0 aromatic heterocycles. The van der Waals surface area contributed by atoms with E-state index >= 15 is 0 Å². The fraction of sp³-hybridized carbons (Fsp3) is 1.00. The van der Waals surface area contributed by atoms with Gasteiger partial charge in [0.2, 0.25) is 0 Å². The Morgan fingerprint density at radius 1 is 0.957 bits per heavy atom. The summed E-state index contributed by atoms with van der Waals surface area (Å²) in [6, 6.07) is 0. The molecule has 0 bridgehead atoms. The van der Waals surface area contributed by atoms with E-state index in [1.54, 1.807) is 0 Å². The molecule has 3 rings (SSSR count). The van der Waals surface area contributed by atoms with Crippen LogP contribution in [0.5, 0.6) is 0 Å². The first-order valence-corrected chi connectivity index (χ1v) is 9.27. The number of rotatable bonds is 2. The van der Waals surface area contributed by atoms with E-state index in [0.717, 1.165) is 38.5 Å². The highest BCUT2D eigenvalue weighted by molar-refractivity contribution is 5.17. The summed E-state index contributed by atoms with van der Waals surface area (Å²) in [6.07, 6.45) is 5.15. The lowest BCUT2D eigenvalue weighted by atomic mass is 9.43. The molecule has 1 saturated heterocycles. The molecule has 1 heterocycles. The summed E-state index contributed by atoms with van der Waals surface area (Å²) in [6.45, 7) is 8.74. The quantitative estimate of drug-likeness (QED) is 0.729. The second-order valence-electron chi connectivity index (χ2n) is 9.27. The van der Waals surface area contributed by atoms with E-state index in [1.807, 2.05) is 13.8 Å². The lowest BCUT2D eigenvalue weighted by Crippen LogP contribution is -2.66. The van der Waals surface area contributed by atoms with Crippen LogP contribution in [0.25, 0.3) is 0 Å². The number of hydrogen-bond donors (Lipinski definition) is 3. The molecule has 0 radical (unpaired) electrons. The molecule has 0 amide bonds. The normalized spacial score (nSPS) is 56.7. The lowest BCUT2D eigenvalue weighted by molar-refractivity contribution is -0.268. The van der Waals surface area contributed by atoms with Crippen molar-refractivity contribution in [2.45, 2.75) is 83.5 Å². The number of aliphatic hydroxyl groups is 3. The predicted octanol–water partition coefficient (Wildman–Crippen LogP) is 2.49. The number of hydrogen-bond acceptors (Lipinski definition) is 4. The highest BCUT2D eigenvalue weighted by Crippen LogP contribution is 2.67. The average Bonchev–Trinajstić information content (AvgIpc) is 2.90. The molecule has 4 heteroatoms. The maximum atomic E-state index is 10.6. The van der Waals surface area contributed by atoms with E-state index in [-0.39, 0.29) is 30.1 Å². The van der Waals surface area contributed by atoms with Gasteiger partial charge in [-0.25, -0.2) is 0 Å². The van der Waals surface area contributed by atoms with Crippen LogP contribution in [-0.2, 0) is 4.74 Å². The van der Waals surface area contributed by atoms with Gasteiger partial charge in [0.05, 0.1) is 30.5 Å². The van der Waals surface area contributed by atoms with Crippen LogP contribution >= 0.6 is 0 Å². The molecule has 7 atom stereocenters. The summed E-state index contributed by atoms with van der Waals surface area (Å²) < 4.78 is 6.67. The monoisotopic (exact) mass is 326 g/mol. The number of aliphatic hydroxyl groups excluding tert-OH is 3. The Bertz CT molecular complexity index is 468. The Balaban J connectivity index is 2.04. The Morgan fingerprint density at radius 2 is 1.65 bits per heavy atom. The zero-order valence-electron chi connectivity index (χ0n) is 15.1. The van der Waals surface area contributed by atoms with Gasteiger partial charge in [0, 0.05) is 10.8 Å². The van der Waals surface area contributed by atoms with Crippen molar-refractivity contribution in [1.29, 1.82) is 0 Å². The van der Waals surface area contributed by atoms with Gasteiger partial charge < -0.3 is 20.1 Å². The van der Waals surface area contributed by atoms with Crippen molar-refractivity contribution in [3.8, 4) is 0 Å². The van der Waals surface area contributed by atoms with E-state index in [9.17, 15) is 15.3 Å². The second-order valence-corrected chi connectivity index (χ2v) is 9.27. The molecule has 4 nitrogen and oxygen atoms in total. The Hall–Kier alpha value is -0.160. The van der Waals surface area contributed by atoms with Gasteiger partial charge in [0.1, 0.15) is 0 Å². The van der Waals surface area contributed by atoms with Crippen molar-refractivity contribution in [3.63, 3.8) is 0 Å². The summed E-state index contributed by atoms with van der Waals surface area (Å²) in [5.74, 6) is 0.691. The maximum absolute atomic E-state index is 10.6. The summed E-state index contributed by atoms with van der Waals surface area (Å²) in [7, 11) is 0.